The molecular formula is C29H33FN2O4. The lowest BCUT2D eigenvalue weighted by molar-refractivity contribution is -0.143. The summed E-state index contributed by atoms with van der Waals surface area (Å²) in [4.78, 5) is 28.5. The number of hydrogen-bond donors (Lipinski definition) is 1. The number of nitrogens with one attached hydrogen (secondary N) is 1. The Morgan fingerprint density at radius 2 is 1.53 bits per heavy atom. The van der Waals surface area contributed by atoms with Gasteiger partial charge in [-0.2, -0.15) is 0 Å². The molecule has 1 unspecified atom stereocenters. The van der Waals surface area contributed by atoms with Crippen molar-refractivity contribution in [3.63, 3.8) is 0 Å². The Kier molecular flexibility index (Phi) is 9.06. The smallest absolute Gasteiger partial charge is 0.261 e. The zero-order chi connectivity index (χ0) is 26.1. The minimum Gasteiger partial charge on any atom is -0.493 e. The van der Waals surface area contributed by atoms with Crippen LogP contribution in [0.5, 0.6) is 11.5 Å². The zero-order valence-electron chi connectivity index (χ0n) is 21.2. The second-order valence-corrected chi connectivity index (χ2v) is 9.50. The van der Waals surface area contributed by atoms with Crippen LogP contribution in [0.25, 0.3) is 0 Å². The molecule has 0 spiro atoms. The summed E-state index contributed by atoms with van der Waals surface area (Å²) in [6.07, 6.45) is 0.262. The van der Waals surface area contributed by atoms with Crippen molar-refractivity contribution in [3.8, 4) is 11.5 Å². The monoisotopic (exact) mass is 492 g/mol. The summed E-state index contributed by atoms with van der Waals surface area (Å²) in [5, 5.41) is 2.98. The van der Waals surface area contributed by atoms with Gasteiger partial charge in [0.25, 0.3) is 5.91 Å². The summed E-state index contributed by atoms with van der Waals surface area (Å²) in [5.41, 5.74) is 0.667. The van der Waals surface area contributed by atoms with E-state index in [2.05, 4.69) is 5.32 Å². The molecule has 3 rings (SSSR count). The van der Waals surface area contributed by atoms with Crippen LogP contribution < -0.4 is 14.8 Å². The Balaban J connectivity index is 1.95. The van der Waals surface area contributed by atoms with Crippen LogP contribution in [0.2, 0.25) is 0 Å². The molecular weight excluding hydrogens is 459 g/mol. The van der Waals surface area contributed by atoms with Crippen molar-refractivity contribution in [2.24, 2.45) is 0 Å². The lowest BCUT2D eigenvalue weighted by Gasteiger charge is -2.33. The molecule has 0 radical (unpaired) electrons. The van der Waals surface area contributed by atoms with Gasteiger partial charge in [0.15, 0.2) is 18.1 Å². The number of hydrogen-bond acceptors (Lipinski definition) is 4. The molecule has 6 nitrogen and oxygen atoms in total. The van der Waals surface area contributed by atoms with Gasteiger partial charge in [0.1, 0.15) is 11.9 Å². The number of carbonyl (C=O) groups is 2. The summed E-state index contributed by atoms with van der Waals surface area (Å²) in [7, 11) is 1.52. The van der Waals surface area contributed by atoms with Crippen LogP contribution in [0.3, 0.4) is 0 Å². The molecule has 1 atom stereocenters. The molecule has 0 saturated heterocycles. The second kappa shape index (κ2) is 12.2. The van der Waals surface area contributed by atoms with Crippen molar-refractivity contribution >= 4 is 11.8 Å². The fourth-order valence-corrected chi connectivity index (χ4v) is 3.78. The van der Waals surface area contributed by atoms with Gasteiger partial charge in [-0.05, 0) is 44.5 Å². The van der Waals surface area contributed by atoms with Crippen molar-refractivity contribution in [1.82, 2.24) is 10.2 Å². The lowest BCUT2D eigenvalue weighted by Crippen LogP contribution is -2.55. The van der Waals surface area contributed by atoms with E-state index in [1.165, 1.54) is 18.1 Å². The van der Waals surface area contributed by atoms with Crippen molar-refractivity contribution in [1.29, 1.82) is 0 Å². The van der Waals surface area contributed by atoms with E-state index in [0.29, 0.717) is 17.1 Å². The topological polar surface area (TPSA) is 67.9 Å². The normalized spacial score (nSPS) is 11.9. The molecule has 0 aliphatic rings. The third kappa shape index (κ3) is 7.57. The Hall–Kier alpha value is -3.87. The molecule has 3 aromatic carbocycles. The maximum Gasteiger partial charge on any atom is 0.261 e. The minimum atomic E-state index is -0.889. The van der Waals surface area contributed by atoms with Gasteiger partial charge >= 0.3 is 0 Å². The predicted molar refractivity (Wildman–Crippen MR) is 137 cm³/mol. The minimum absolute atomic E-state index is 0.0874. The Labute approximate surface area is 212 Å². The number of methoxy groups -OCH3 is 1. The SMILES string of the molecule is COc1ccccc1OCC(=O)N(Cc1ccccc1F)C(Cc1ccccc1)C(=O)NC(C)(C)C. The average Bonchev–Trinajstić information content (AvgIpc) is 2.85. The first-order valence-corrected chi connectivity index (χ1v) is 11.8. The first-order chi connectivity index (χ1) is 17.2. The van der Waals surface area contributed by atoms with Crippen LogP contribution in [0, 0.1) is 5.82 Å². The predicted octanol–water partition coefficient (Wildman–Crippen LogP) is 4.77. The van der Waals surface area contributed by atoms with E-state index >= 15 is 0 Å². The zero-order valence-corrected chi connectivity index (χ0v) is 21.2. The summed E-state index contributed by atoms with van der Waals surface area (Å²) < 4.78 is 25.7. The number of benzene rings is 3. The van der Waals surface area contributed by atoms with Gasteiger partial charge in [0.2, 0.25) is 5.91 Å². The fourth-order valence-electron chi connectivity index (χ4n) is 3.78. The van der Waals surface area contributed by atoms with Crippen molar-refractivity contribution in [3.05, 3.63) is 95.8 Å². The summed E-state index contributed by atoms with van der Waals surface area (Å²) in [6.45, 7) is 5.19. The fraction of sp³-hybridized carbons (Fsp3) is 0.310. The highest BCUT2D eigenvalue weighted by molar-refractivity contribution is 5.89. The van der Waals surface area contributed by atoms with Crippen LogP contribution in [0.1, 0.15) is 31.9 Å². The highest BCUT2D eigenvalue weighted by Gasteiger charge is 2.33. The van der Waals surface area contributed by atoms with Crippen molar-refractivity contribution in [2.75, 3.05) is 13.7 Å². The maximum absolute atomic E-state index is 14.6. The van der Waals surface area contributed by atoms with Crippen LogP contribution in [0.4, 0.5) is 4.39 Å². The van der Waals surface area contributed by atoms with E-state index < -0.39 is 23.3 Å². The van der Waals surface area contributed by atoms with Gasteiger partial charge < -0.3 is 19.7 Å². The van der Waals surface area contributed by atoms with Crippen LogP contribution >= 0.6 is 0 Å². The van der Waals surface area contributed by atoms with Gasteiger partial charge in [-0.25, -0.2) is 4.39 Å². The van der Waals surface area contributed by atoms with Gasteiger partial charge in [0, 0.05) is 24.1 Å². The molecule has 0 saturated carbocycles. The van der Waals surface area contributed by atoms with Crippen LogP contribution in [-0.4, -0.2) is 42.0 Å². The summed E-state index contributed by atoms with van der Waals surface area (Å²) in [5.74, 6) is -0.340. The van der Waals surface area contributed by atoms with E-state index in [1.807, 2.05) is 51.1 Å². The third-order valence-electron chi connectivity index (χ3n) is 5.49. The molecule has 1 N–H and O–H groups in total. The Morgan fingerprint density at radius 3 is 2.17 bits per heavy atom. The lowest BCUT2D eigenvalue weighted by atomic mass is 10.0. The number of para-hydroxylation sites is 2. The molecule has 7 heteroatoms. The molecule has 0 heterocycles. The number of ether oxygens (including phenoxy) is 2. The van der Waals surface area contributed by atoms with Gasteiger partial charge in [-0.1, -0.05) is 60.7 Å². The molecule has 3 aromatic rings. The maximum atomic E-state index is 14.6. The Morgan fingerprint density at radius 1 is 0.917 bits per heavy atom. The summed E-state index contributed by atoms with van der Waals surface area (Å²) >= 11 is 0. The molecule has 190 valence electrons. The quantitative estimate of drug-likeness (QED) is 0.443. The van der Waals surface area contributed by atoms with Gasteiger partial charge in [-0.3, -0.25) is 9.59 Å². The van der Waals surface area contributed by atoms with E-state index in [0.717, 1.165) is 5.56 Å². The second-order valence-electron chi connectivity index (χ2n) is 9.50. The number of nitrogens with zero attached hydrogens (tertiary/aromatic N) is 1. The molecule has 2 amide bonds. The standard InChI is InChI=1S/C29H33FN2O4/c1-29(2,3)31-28(34)24(18-21-12-6-5-7-13-21)32(19-22-14-8-9-15-23(22)30)27(33)20-36-26-17-11-10-16-25(26)35-4/h5-17,24H,18-20H2,1-4H3,(H,31,34). The van der Waals surface area contributed by atoms with Crippen LogP contribution in [-0.2, 0) is 22.6 Å². The number of amides is 2. The van der Waals surface area contributed by atoms with Crippen LogP contribution in [0.15, 0.2) is 78.9 Å². The molecule has 0 fully saturated rings. The number of halogens is 1. The average molecular weight is 493 g/mol. The molecule has 0 aliphatic carbocycles. The first-order valence-electron chi connectivity index (χ1n) is 11.8. The molecule has 0 bridgehead atoms. The third-order valence-corrected chi connectivity index (χ3v) is 5.49. The highest BCUT2D eigenvalue weighted by Crippen LogP contribution is 2.26. The van der Waals surface area contributed by atoms with Gasteiger partial charge in [0.05, 0.1) is 7.11 Å². The van der Waals surface area contributed by atoms with E-state index in [9.17, 15) is 14.0 Å². The molecule has 0 aliphatic heterocycles. The van der Waals surface area contributed by atoms with E-state index in [4.69, 9.17) is 9.47 Å². The molecule has 0 aromatic heterocycles. The Bertz CT molecular complexity index is 1160. The van der Waals surface area contributed by atoms with Gasteiger partial charge in [-0.15, -0.1) is 0 Å². The highest BCUT2D eigenvalue weighted by atomic mass is 19.1. The van der Waals surface area contributed by atoms with Crippen molar-refractivity contribution < 1.29 is 23.5 Å². The van der Waals surface area contributed by atoms with E-state index in [1.54, 1.807) is 42.5 Å². The van der Waals surface area contributed by atoms with Crippen molar-refractivity contribution in [2.45, 2.75) is 45.3 Å². The number of rotatable bonds is 10. The largest absolute Gasteiger partial charge is 0.493 e. The van der Waals surface area contributed by atoms with E-state index in [-0.39, 0.29) is 25.5 Å². The first kappa shape index (κ1) is 26.7. The summed E-state index contributed by atoms with van der Waals surface area (Å²) in [6, 6.07) is 21.8. The number of carbonyl (C=O) groups excluding carboxylic acids is 2. The molecule has 36 heavy (non-hydrogen) atoms.